The smallest absolute Gasteiger partial charge is 0.259 e. The van der Waals surface area contributed by atoms with Crippen LogP contribution in [0.4, 0.5) is 5.69 Å². The molecule has 0 aromatic heterocycles. The van der Waals surface area contributed by atoms with E-state index in [1.165, 1.54) is 10.4 Å². The molecule has 1 amide bonds. The van der Waals surface area contributed by atoms with Crippen molar-refractivity contribution in [2.45, 2.75) is 39.5 Å². The SMILES string of the molecule is CCOc1ccccc1C(=O)Nc1cc(S(=O)(=O)N(CC)CC)cc(C)c1C. The zero-order valence-corrected chi connectivity index (χ0v) is 17.9. The first-order chi connectivity index (χ1) is 13.3. The lowest BCUT2D eigenvalue weighted by Crippen LogP contribution is -2.30. The maximum absolute atomic E-state index is 12.9. The topological polar surface area (TPSA) is 75.7 Å². The van der Waals surface area contributed by atoms with E-state index in [0.717, 1.165) is 11.1 Å². The Hall–Kier alpha value is -2.38. The van der Waals surface area contributed by atoms with Gasteiger partial charge in [0.2, 0.25) is 10.0 Å². The summed E-state index contributed by atoms with van der Waals surface area (Å²) in [6, 6.07) is 10.1. The molecule has 0 spiro atoms. The first-order valence-electron chi connectivity index (χ1n) is 9.40. The van der Waals surface area contributed by atoms with Crippen LogP contribution >= 0.6 is 0 Å². The van der Waals surface area contributed by atoms with Crippen LogP contribution in [0.15, 0.2) is 41.3 Å². The fourth-order valence-electron chi connectivity index (χ4n) is 2.94. The van der Waals surface area contributed by atoms with Crippen molar-refractivity contribution in [3.8, 4) is 5.75 Å². The van der Waals surface area contributed by atoms with Crippen molar-refractivity contribution >= 4 is 21.6 Å². The number of hydrogen-bond donors (Lipinski definition) is 1. The highest BCUT2D eigenvalue weighted by molar-refractivity contribution is 7.89. The molecule has 7 heteroatoms. The molecule has 0 fully saturated rings. The monoisotopic (exact) mass is 404 g/mol. The van der Waals surface area contributed by atoms with Crippen molar-refractivity contribution in [3.63, 3.8) is 0 Å². The van der Waals surface area contributed by atoms with Crippen molar-refractivity contribution in [1.29, 1.82) is 0 Å². The van der Waals surface area contributed by atoms with E-state index in [1.807, 2.05) is 20.8 Å². The molecule has 0 aliphatic rings. The molecule has 0 saturated heterocycles. The Labute approximate surface area is 167 Å². The van der Waals surface area contributed by atoms with E-state index in [0.29, 0.717) is 36.7 Å². The molecule has 1 N–H and O–H groups in total. The standard InChI is InChI=1S/C21H28N2O4S/c1-6-23(7-2)28(25,26)17-13-15(4)16(5)19(14-17)22-21(24)18-11-9-10-12-20(18)27-8-3/h9-14H,6-8H2,1-5H3,(H,22,24). The van der Waals surface area contributed by atoms with Gasteiger partial charge in [-0.3, -0.25) is 4.79 Å². The van der Waals surface area contributed by atoms with Crippen LogP contribution in [0.25, 0.3) is 0 Å². The Morgan fingerprint density at radius 1 is 1.07 bits per heavy atom. The summed E-state index contributed by atoms with van der Waals surface area (Å²) in [6.45, 7) is 10.4. The van der Waals surface area contributed by atoms with Crippen molar-refractivity contribution in [1.82, 2.24) is 4.31 Å². The summed E-state index contributed by atoms with van der Waals surface area (Å²) < 4.78 is 32.7. The molecule has 0 atom stereocenters. The highest BCUT2D eigenvalue weighted by Gasteiger charge is 2.24. The molecule has 0 heterocycles. The third kappa shape index (κ3) is 4.54. The van der Waals surface area contributed by atoms with Gasteiger partial charge in [0.25, 0.3) is 5.91 Å². The molecule has 0 radical (unpaired) electrons. The number of amides is 1. The number of carbonyl (C=O) groups is 1. The molecule has 0 unspecified atom stereocenters. The summed E-state index contributed by atoms with van der Waals surface area (Å²) in [5.74, 6) is 0.146. The van der Waals surface area contributed by atoms with E-state index in [9.17, 15) is 13.2 Å². The van der Waals surface area contributed by atoms with Crippen LogP contribution in [-0.4, -0.2) is 38.3 Å². The highest BCUT2D eigenvalue weighted by atomic mass is 32.2. The number of benzene rings is 2. The lowest BCUT2D eigenvalue weighted by molar-refractivity contribution is 0.102. The molecule has 0 saturated carbocycles. The third-order valence-corrected chi connectivity index (χ3v) is 6.69. The van der Waals surface area contributed by atoms with E-state index in [4.69, 9.17) is 4.74 Å². The van der Waals surface area contributed by atoms with Crippen LogP contribution < -0.4 is 10.1 Å². The number of nitrogens with one attached hydrogen (secondary N) is 1. The maximum Gasteiger partial charge on any atom is 0.259 e. The quantitative estimate of drug-likeness (QED) is 0.722. The molecule has 152 valence electrons. The highest BCUT2D eigenvalue weighted by Crippen LogP contribution is 2.27. The average Bonchev–Trinajstić information content (AvgIpc) is 2.66. The number of nitrogens with zero attached hydrogens (tertiary/aromatic N) is 1. The van der Waals surface area contributed by atoms with Gasteiger partial charge in [-0.1, -0.05) is 26.0 Å². The second-order valence-corrected chi connectivity index (χ2v) is 8.32. The summed E-state index contributed by atoms with van der Waals surface area (Å²) in [6.07, 6.45) is 0. The van der Waals surface area contributed by atoms with E-state index in [1.54, 1.807) is 44.2 Å². The Morgan fingerprint density at radius 3 is 2.32 bits per heavy atom. The van der Waals surface area contributed by atoms with Crippen LogP contribution in [0.2, 0.25) is 0 Å². The molecule has 0 bridgehead atoms. The lowest BCUT2D eigenvalue weighted by Gasteiger charge is -2.20. The fraction of sp³-hybridized carbons (Fsp3) is 0.381. The molecule has 2 aromatic rings. The van der Waals surface area contributed by atoms with Gasteiger partial charge < -0.3 is 10.1 Å². The molecular formula is C21H28N2O4S. The summed E-state index contributed by atoms with van der Waals surface area (Å²) >= 11 is 0. The summed E-state index contributed by atoms with van der Waals surface area (Å²) in [4.78, 5) is 13.0. The van der Waals surface area contributed by atoms with Gasteiger partial charge in [-0.25, -0.2) is 8.42 Å². The molecule has 0 aliphatic heterocycles. The summed E-state index contributed by atoms with van der Waals surface area (Å²) in [5, 5.41) is 2.85. The Bertz CT molecular complexity index is 951. The minimum atomic E-state index is -3.62. The van der Waals surface area contributed by atoms with Crippen molar-refractivity contribution in [2.24, 2.45) is 0 Å². The number of rotatable bonds is 8. The van der Waals surface area contributed by atoms with E-state index < -0.39 is 10.0 Å². The van der Waals surface area contributed by atoms with Crippen LogP contribution in [0.1, 0.15) is 42.3 Å². The zero-order chi connectivity index (χ0) is 20.9. The van der Waals surface area contributed by atoms with Gasteiger partial charge in [-0.05, 0) is 56.2 Å². The Kier molecular flexibility index (Phi) is 7.21. The Morgan fingerprint density at radius 2 is 1.71 bits per heavy atom. The zero-order valence-electron chi connectivity index (χ0n) is 17.1. The average molecular weight is 405 g/mol. The van der Waals surface area contributed by atoms with Gasteiger partial charge in [0.1, 0.15) is 5.75 Å². The second-order valence-electron chi connectivity index (χ2n) is 6.39. The fourth-order valence-corrected chi connectivity index (χ4v) is 4.51. The number of aryl methyl sites for hydroxylation is 1. The molecule has 0 aliphatic carbocycles. The van der Waals surface area contributed by atoms with Gasteiger partial charge in [0, 0.05) is 18.8 Å². The van der Waals surface area contributed by atoms with Crippen LogP contribution in [0.3, 0.4) is 0 Å². The third-order valence-electron chi connectivity index (χ3n) is 4.66. The molecule has 2 rings (SSSR count). The maximum atomic E-state index is 12.9. The largest absolute Gasteiger partial charge is 0.493 e. The molecule has 6 nitrogen and oxygen atoms in total. The van der Waals surface area contributed by atoms with E-state index in [-0.39, 0.29) is 10.8 Å². The van der Waals surface area contributed by atoms with Gasteiger partial charge in [0.05, 0.1) is 17.1 Å². The number of carbonyl (C=O) groups excluding carboxylic acids is 1. The van der Waals surface area contributed by atoms with Crippen LogP contribution in [0.5, 0.6) is 5.75 Å². The number of para-hydroxylation sites is 1. The van der Waals surface area contributed by atoms with Gasteiger partial charge >= 0.3 is 0 Å². The number of ether oxygens (including phenoxy) is 1. The predicted molar refractivity (Wildman–Crippen MR) is 112 cm³/mol. The minimum Gasteiger partial charge on any atom is -0.493 e. The van der Waals surface area contributed by atoms with Gasteiger partial charge in [-0.2, -0.15) is 4.31 Å². The lowest BCUT2D eigenvalue weighted by atomic mass is 10.1. The second kappa shape index (κ2) is 9.21. The van der Waals surface area contributed by atoms with Gasteiger partial charge in [0.15, 0.2) is 0 Å². The van der Waals surface area contributed by atoms with Crippen molar-refractivity contribution in [3.05, 3.63) is 53.1 Å². The molecule has 28 heavy (non-hydrogen) atoms. The van der Waals surface area contributed by atoms with E-state index >= 15 is 0 Å². The van der Waals surface area contributed by atoms with Crippen LogP contribution in [-0.2, 0) is 10.0 Å². The summed E-state index contributed by atoms with van der Waals surface area (Å²) in [5.41, 5.74) is 2.49. The van der Waals surface area contributed by atoms with Crippen molar-refractivity contribution < 1.29 is 17.9 Å². The predicted octanol–water partition coefficient (Wildman–Crippen LogP) is 3.98. The first kappa shape index (κ1) is 21.9. The van der Waals surface area contributed by atoms with Crippen molar-refractivity contribution in [2.75, 3.05) is 25.0 Å². The Balaban J connectivity index is 2.45. The number of anilines is 1. The molecular weight excluding hydrogens is 376 g/mol. The number of sulfonamides is 1. The number of hydrogen-bond acceptors (Lipinski definition) is 4. The molecule has 2 aromatic carbocycles. The van der Waals surface area contributed by atoms with E-state index in [2.05, 4.69) is 5.32 Å². The van der Waals surface area contributed by atoms with Crippen LogP contribution in [0, 0.1) is 13.8 Å². The summed E-state index contributed by atoms with van der Waals surface area (Å²) in [7, 11) is -3.62. The van der Waals surface area contributed by atoms with Gasteiger partial charge in [-0.15, -0.1) is 0 Å². The normalized spacial score (nSPS) is 11.5. The first-order valence-corrected chi connectivity index (χ1v) is 10.8. The minimum absolute atomic E-state index is 0.174.